The van der Waals surface area contributed by atoms with Gasteiger partial charge in [-0.3, -0.25) is 4.79 Å². The topological polar surface area (TPSA) is 63.9 Å². The molecule has 1 atom stereocenters. The molecule has 1 saturated carbocycles. The van der Waals surface area contributed by atoms with Gasteiger partial charge in [-0.1, -0.05) is 41.9 Å². The van der Waals surface area contributed by atoms with Crippen molar-refractivity contribution in [1.82, 2.24) is 25.1 Å². The summed E-state index contributed by atoms with van der Waals surface area (Å²) < 4.78 is 0. The van der Waals surface area contributed by atoms with Crippen LogP contribution in [0.25, 0.3) is 11.4 Å². The molecule has 7 heteroatoms. The molecule has 144 valence electrons. The van der Waals surface area contributed by atoms with Crippen LogP contribution < -0.4 is 0 Å². The van der Waals surface area contributed by atoms with Crippen molar-refractivity contribution in [3.63, 3.8) is 0 Å². The van der Waals surface area contributed by atoms with Crippen LogP contribution >= 0.6 is 11.6 Å². The lowest BCUT2D eigenvalue weighted by Gasteiger charge is -2.29. The molecule has 1 aliphatic carbocycles. The number of rotatable bonds is 7. The monoisotopic (exact) mass is 395 g/mol. The van der Waals surface area contributed by atoms with E-state index in [1.807, 2.05) is 47.4 Å². The van der Waals surface area contributed by atoms with Gasteiger partial charge in [-0.15, -0.1) is 10.2 Å². The van der Waals surface area contributed by atoms with Gasteiger partial charge in [0, 0.05) is 23.2 Å². The third kappa shape index (κ3) is 4.39. The van der Waals surface area contributed by atoms with E-state index in [9.17, 15) is 4.79 Å². The summed E-state index contributed by atoms with van der Waals surface area (Å²) in [6, 6.07) is 17.5. The first kappa shape index (κ1) is 18.6. The standard InChI is InChI=1S/C21H22ClN5O/c1-15(17-7-8-17)26(13-16-5-3-2-4-6-16)20(28)14-27-24-21(23-25-27)18-9-11-19(22)12-10-18/h2-6,9-12,15,17H,7-8,13-14H2,1H3. The average molecular weight is 396 g/mol. The highest BCUT2D eigenvalue weighted by Gasteiger charge is 2.34. The molecular weight excluding hydrogens is 374 g/mol. The summed E-state index contributed by atoms with van der Waals surface area (Å²) in [6.07, 6.45) is 2.37. The molecule has 1 heterocycles. The predicted octanol–water partition coefficient (Wildman–Crippen LogP) is 3.82. The number of halogens is 1. The van der Waals surface area contributed by atoms with E-state index in [1.165, 1.54) is 17.6 Å². The number of benzene rings is 2. The van der Waals surface area contributed by atoms with Gasteiger partial charge in [0.15, 0.2) is 0 Å². The number of hydrogen-bond acceptors (Lipinski definition) is 4. The largest absolute Gasteiger partial charge is 0.334 e. The number of carbonyl (C=O) groups excluding carboxylic acids is 1. The second-order valence-electron chi connectivity index (χ2n) is 7.24. The first-order valence-corrected chi connectivity index (χ1v) is 9.85. The maximum absolute atomic E-state index is 13.1. The molecule has 1 amide bonds. The molecule has 0 saturated heterocycles. The molecule has 0 radical (unpaired) electrons. The van der Waals surface area contributed by atoms with Gasteiger partial charge in [-0.05, 0) is 60.7 Å². The zero-order valence-electron chi connectivity index (χ0n) is 15.7. The lowest BCUT2D eigenvalue weighted by Crippen LogP contribution is -2.41. The first-order chi connectivity index (χ1) is 13.6. The molecule has 1 aliphatic rings. The van der Waals surface area contributed by atoms with E-state index in [0.29, 0.717) is 23.3 Å². The third-order valence-electron chi connectivity index (χ3n) is 5.14. The predicted molar refractivity (Wildman–Crippen MR) is 107 cm³/mol. The molecule has 2 aromatic carbocycles. The fourth-order valence-corrected chi connectivity index (χ4v) is 3.44. The Morgan fingerprint density at radius 3 is 2.57 bits per heavy atom. The molecule has 1 aromatic heterocycles. The summed E-state index contributed by atoms with van der Waals surface area (Å²) in [5.74, 6) is 1.07. The Kier molecular flexibility index (Phi) is 5.39. The van der Waals surface area contributed by atoms with Gasteiger partial charge in [0.1, 0.15) is 6.54 Å². The van der Waals surface area contributed by atoms with Crippen molar-refractivity contribution >= 4 is 17.5 Å². The van der Waals surface area contributed by atoms with Crippen molar-refractivity contribution in [1.29, 1.82) is 0 Å². The van der Waals surface area contributed by atoms with Gasteiger partial charge in [0.05, 0.1) is 0 Å². The number of amides is 1. The minimum atomic E-state index is 0.00306. The highest BCUT2D eigenvalue weighted by atomic mass is 35.5. The van der Waals surface area contributed by atoms with E-state index in [2.05, 4.69) is 22.3 Å². The fourth-order valence-electron chi connectivity index (χ4n) is 3.31. The van der Waals surface area contributed by atoms with Gasteiger partial charge in [0.2, 0.25) is 11.7 Å². The minimum absolute atomic E-state index is 0.00306. The summed E-state index contributed by atoms with van der Waals surface area (Å²) in [7, 11) is 0. The molecule has 1 fully saturated rings. The van der Waals surface area contributed by atoms with Crippen molar-refractivity contribution in [3.8, 4) is 11.4 Å². The van der Waals surface area contributed by atoms with Crippen molar-refractivity contribution in [2.75, 3.05) is 0 Å². The van der Waals surface area contributed by atoms with E-state index < -0.39 is 0 Å². The Balaban J connectivity index is 1.48. The highest BCUT2D eigenvalue weighted by Crippen LogP contribution is 2.35. The number of aromatic nitrogens is 4. The Hall–Kier alpha value is -2.73. The molecule has 0 N–H and O–H groups in total. The van der Waals surface area contributed by atoms with Crippen molar-refractivity contribution in [2.45, 2.75) is 38.9 Å². The summed E-state index contributed by atoms with van der Waals surface area (Å²) in [5, 5.41) is 13.1. The Morgan fingerprint density at radius 2 is 1.89 bits per heavy atom. The van der Waals surface area contributed by atoms with Crippen LogP contribution in [0.5, 0.6) is 0 Å². The molecule has 3 aromatic rings. The van der Waals surface area contributed by atoms with Crippen LogP contribution in [0.2, 0.25) is 5.02 Å². The van der Waals surface area contributed by atoms with Gasteiger partial charge in [-0.2, -0.15) is 4.80 Å². The maximum Gasteiger partial charge on any atom is 0.246 e. The summed E-state index contributed by atoms with van der Waals surface area (Å²) in [4.78, 5) is 16.4. The van der Waals surface area contributed by atoms with Crippen molar-refractivity contribution in [2.24, 2.45) is 5.92 Å². The number of tetrazole rings is 1. The van der Waals surface area contributed by atoms with Gasteiger partial charge >= 0.3 is 0 Å². The molecule has 6 nitrogen and oxygen atoms in total. The summed E-state index contributed by atoms with van der Waals surface area (Å²) >= 11 is 5.92. The van der Waals surface area contributed by atoms with Crippen LogP contribution in [0.1, 0.15) is 25.3 Å². The van der Waals surface area contributed by atoms with Crippen LogP contribution in [0.3, 0.4) is 0 Å². The van der Waals surface area contributed by atoms with E-state index in [1.54, 1.807) is 12.1 Å². The van der Waals surface area contributed by atoms with Crippen LogP contribution in [0.15, 0.2) is 54.6 Å². The average Bonchev–Trinajstić information content (AvgIpc) is 3.46. The number of nitrogens with zero attached hydrogens (tertiary/aromatic N) is 5. The van der Waals surface area contributed by atoms with E-state index in [0.717, 1.165) is 11.1 Å². The third-order valence-corrected chi connectivity index (χ3v) is 5.40. The highest BCUT2D eigenvalue weighted by molar-refractivity contribution is 6.30. The normalized spacial score (nSPS) is 14.6. The van der Waals surface area contributed by atoms with E-state index in [-0.39, 0.29) is 18.5 Å². The van der Waals surface area contributed by atoms with Crippen LogP contribution in [0.4, 0.5) is 0 Å². The number of carbonyl (C=O) groups is 1. The first-order valence-electron chi connectivity index (χ1n) is 9.47. The Bertz CT molecular complexity index is 937. The van der Waals surface area contributed by atoms with E-state index in [4.69, 9.17) is 11.6 Å². The lowest BCUT2D eigenvalue weighted by atomic mass is 10.1. The maximum atomic E-state index is 13.1. The fraction of sp³-hybridized carbons (Fsp3) is 0.333. The molecule has 0 spiro atoms. The quantitative estimate of drug-likeness (QED) is 0.610. The Labute approximate surface area is 169 Å². The molecule has 1 unspecified atom stereocenters. The second kappa shape index (κ2) is 8.10. The molecule has 0 aliphatic heterocycles. The van der Waals surface area contributed by atoms with Crippen molar-refractivity contribution in [3.05, 3.63) is 65.2 Å². The zero-order valence-corrected chi connectivity index (χ0v) is 16.5. The summed E-state index contributed by atoms with van der Waals surface area (Å²) in [6.45, 7) is 2.80. The lowest BCUT2D eigenvalue weighted by molar-refractivity contribution is -0.135. The zero-order chi connectivity index (χ0) is 19.5. The molecular formula is C21H22ClN5O. The van der Waals surface area contributed by atoms with Crippen LogP contribution in [-0.2, 0) is 17.9 Å². The molecule has 28 heavy (non-hydrogen) atoms. The molecule has 0 bridgehead atoms. The molecule has 4 rings (SSSR count). The minimum Gasteiger partial charge on any atom is -0.334 e. The van der Waals surface area contributed by atoms with Gasteiger partial charge in [0.25, 0.3) is 0 Å². The van der Waals surface area contributed by atoms with Crippen LogP contribution in [0, 0.1) is 5.92 Å². The summed E-state index contributed by atoms with van der Waals surface area (Å²) in [5.41, 5.74) is 1.94. The Morgan fingerprint density at radius 1 is 1.18 bits per heavy atom. The smallest absolute Gasteiger partial charge is 0.246 e. The van der Waals surface area contributed by atoms with Crippen LogP contribution in [-0.4, -0.2) is 37.1 Å². The second-order valence-corrected chi connectivity index (χ2v) is 7.67. The van der Waals surface area contributed by atoms with Gasteiger partial charge in [-0.25, -0.2) is 0 Å². The van der Waals surface area contributed by atoms with Crippen molar-refractivity contribution < 1.29 is 4.79 Å². The van der Waals surface area contributed by atoms with Gasteiger partial charge < -0.3 is 4.90 Å². The number of hydrogen-bond donors (Lipinski definition) is 0. The SMILES string of the molecule is CC(C1CC1)N(Cc1ccccc1)C(=O)Cn1nnc(-c2ccc(Cl)cc2)n1. The van der Waals surface area contributed by atoms with E-state index >= 15 is 0 Å².